The Labute approximate surface area is 150 Å². The summed E-state index contributed by atoms with van der Waals surface area (Å²) in [5, 5.41) is 0. The van der Waals surface area contributed by atoms with E-state index >= 15 is 0 Å². The van der Waals surface area contributed by atoms with Crippen LogP contribution < -0.4 is 5.46 Å². The molecule has 4 rings (SSSR count). The van der Waals surface area contributed by atoms with Crippen LogP contribution in [-0.2, 0) is 9.31 Å². The van der Waals surface area contributed by atoms with Crippen molar-refractivity contribution in [1.29, 1.82) is 0 Å². The van der Waals surface area contributed by atoms with Crippen molar-refractivity contribution in [3.05, 3.63) is 41.5 Å². The van der Waals surface area contributed by atoms with Crippen molar-refractivity contribution in [1.82, 2.24) is 9.55 Å². The number of benzene rings is 1. The lowest BCUT2D eigenvalue weighted by Crippen LogP contribution is -2.41. The van der Waals surface area contributed by atoms with Gasteiger partial charge in [-0.15, -0.1) is 0 Å². The highest BCUT2D eigenvalue weighted by molar-refractivity contribution is 6.62. The summed E-state index contributed by atoms with van der Waals surface area (Å²) in [5.74, 6) is 0.673. The summed E-state index contributed by atoms with van der Waals surface area (Å²) < 4.78 is 14.6. The molecule has 1 saturated heterocycles. The molecule has 2 aliphatic rings. The van der Waals surface area contributed by atoms with E-state index in [2.05, 4.69) is 69.4 Å². The van der Waals surface area contributed by atoms with E-state index in [1.807, 2.05) is 6.33 Å². The first-order valence-electron chi connectivity index (χ1n) is 9.19. The fourth-order valence-corrected chi connectivity index (χ4v) is 3.39. The van der Waals surface area contributed by atoms with Crippen molar-refractivity contribution in [2.45, 2.75) is 71.5 Å². The number of hydrogen-bond donors (Lipinski definition) is 0. The van der Waals surface area contributed by atoms with Gasteiger partial charge in [0.25, 0.3) is 0 Å². The van der Waals surface area contributed by atoms with E-state index in [1.165, 1.54) is 35.3 Å². The van der Waals surface area contributed by atoms with Gasteiger partial charge in [0.05, 0.1) is 23.2 Å². The average Bonchev–Trinajstić information content (AvgIpc) is 3.21. The second kappa shape index (κ2) is 5.45. The molecule has 1 aromatic heterocycles. The first-order chi connectivity index (χ1) is 11.7. The van der Waals surface area contributed by atoms with Crippen LogP contribution in [0.1, 0.15) is 63.3 Å². The zero-order chi connectivity index (χ0) is 18.0. The third kappa shape index (κ3) is 2.74. The summed E-state index contributed by atoms with van der Waals surface area (Å²) in [5.41, 5.74) is 5.33. The highest BCUT2D eigenvalue weighted by atomic mass is 16.7. The molecule has 0 amide bonds. The summed E-state index contributed by atoms with van der Waals surface area (Å²) in [6.07, 6.45) is 6.66. The van der Waals surface area contributed by atoms with Gasteiger partial charge < -0.3 is 13.9 Å². The van der Waals surface area contributed by atoms with Gasteiger partial charge in [-0.3, -0.25) is 0 Å². The van der Waals surface area contributed by atoms with E-state index in [4.69, 9.17) is 9.31 Å². The Morgan fingerprint density at radius 3 is 2.28 bits per heavy atom. The minimum Gasteiger partial charge on any atom is -0.399 e. The van der Waals surface area contributed by atoms with Gasteiger partial charge in [0.15, 0.2) is 0 Å². The minimum atomic E-state index is -0.319. The van der Waals surface area contributed by atoms with E-state index in [1.54, 1.807) is 0 Å². The van der Waals surface area contributed by atoms with Crippen molar-refractivity contribution in [3.8, 4) is 5.69 Å². The Kier molecular flexibility index (Phi) is 3.68. The lowest BCUT2D eigenvalue weighted by atomic mass is 9.75. The van der Waals surface area contributed by atoms with Crippen LogP contribution in [0.5, 0.6) is 0 Å². The maximum absolute atomic E-state index is 6.23. The standard InChI is InChI=1S/C20H27BN2O2/c1-13-14(2)18(23-11-17(22-12-23)15-7-8-15)10-9-16(13)21-24-19(3,4)20(5,6)25-21/h9-12,15H,7-8H2,1-6H3. The van der Waals surface area contributed by atoms with Crippen LogP contribution in [0.2, 0.25) is 0 Å². The van der Waals surface area contributed by atoms with Crippen LogP contribution in [0.15, 0.2) is 24.7 Å². The third-order valence-electron chi connectivity index (χ3n) is 6.18. The van der Waals surface area contributed by atoms with Crippen LogP contribution >= 0.6 is 0 Å². The van der Waals surface area contributed by atoms with Crippen molar-refractivity contribution >= 4 is 12.6 Å². The molecule has 132 valence electrons. The smallest absolute Gasteiger partial charge is 0.399 e. The van der Waals surface area contributed by atoms with Gasteiger partial charge in [0.2, 0.25) is 0 Å². The molecule has 25 heavy (non-hydrogen) atoms. The largest absolute Gasteiger partial charge is 0.495 e. The number of aromatic nitrogens is 2. The van der Waals surface area contributed by atoms with Crippen molar-refractivity contribution in [3.63, 3.8) is 0 Å². The molecule has 5 heteroatoms. The zero-order valence-corrected chi connectivity index (χ0v) is 16.1. The van der Waals surface area contributed by atoms with Crippen LogP contribution in [-0.4, -0.2) is 27.9 Å². The lowest BCUT2D eigenvalue weighted by molar-refractivity contribution is 0.00578. The predicted molar refractivity (Wildman–Crippen MR) is 101 cm³/mol. The molecule has 2 heterocycles. The van der Waals surface area contributed by atoms with Crippen molar-refractivity contribution in [2.24, 2.45) is 0 Å². The second-order valence-electron chi connectivity index (χ2n) is 8.49. The highest BCUT2D eigenvalue weighted by Gasteiger charge is 2.52. The second-order valence-corrected chi connectivity index (χ2v) is 8.49. The summed E-state index contributed by atoms with van der Waals surface area (Å²) >= 11 is 0. The van der Waals surface area contributed by atoms with Crippen molar-refractivity contribution in [2.75, 3.05) is 0 Å². The summed E-state index contributed by atoms with van der Waals surface area (Å²) in [6.45, 7) is 12.7. The zero-order valence-electron chi connectivity index (χ0n) is 16.1. The van der Waals surface area contributed by atoms with Crippen LogP contribution in [0, 0.1) is 13.8 Å². The van der Waals surface area contributed by atoms with E-state index in [0.717, 1.165) is 5.46 Å². The summed E-state index contributed by atoms with van der Waals surface area (Å²) in [4.78, 5) is 4.58. The number of imidazole rings is 1. The molecule has 0 atom stereocenters. The Balaban J connectivity index is 1.67. The molecular formula is C20H27BN2O2. The fraction of sp³-hybridized carbons (Fsp3) is 0.550. The third-order valence-corrected chi connectivity index (χ3v) is 6.18. The molecule has 0 bridgehead atoms. The number of hydrogen-bond acceptors (Lipinski definition) is 3. The summed E-state index contributed by atoms with van der Waals surface area (Å²) in [7, 11) is -0.317. The molecule has 1 aliphatic heterocycles. The van der Waals surface area contributed by atoms with Gasteiger partial charge >= 0.3 is 7.12 Å². The Morgan fingerprint density at radius 2 is 1.68 bits per heavy atom. The number of rotatable bonds is 3. The van der Waals surface area contributed by atoms with Gasteiger partial charge in [-0.05, 0) is 77.0 Å². The molecule has 2 fully saturated rings. The fourth-order valence-electron chi connectivity index (χ4n) is 3.39. The topological polar surface area (TPSA) is 36.3 Å². The molecular weight excluding hydrogens is 311 g/mol. The van der Waals surface area contributed by atoms with Crippen LogP contribution in [0.3, 0.4) is 0 Å². The van der Waals surface area contributed by atoms with Gasteiger partial charge in [-0.25, -0.2) is 4.98 Å². The maximum atomic E-state index is 6.23. The predicted octanol–water partition coefficient (Wildman–Crippen LogP) is 3.67. The Hall–Kier alpha value is -1.59. The van der Waals surface area contributed by atoms with E-state index in [0.29, 0.717) is 5.92 Å². The maximum Gasteiger partial charge on any atom is 0.495 e. The Bertz CT molecular complexity index is 805. The average molecular weight is 338 g/mol. The Morgan fingerprint density at radius 1 is 1.04 bits per heavy atom. The minimum absolute atomic E-state index is 0.317. The molecule has 1 saturated carbocycles. The van der Waals surface area contributed by atoms with Crippen LogP contribution in [0.4, 0.5) is 0 Å². The normalized spacial score (nSPS) is 21.8. The highest BCUT2D eigenvalue weighted by Crippen LogP contribution is 2.39. The van der Waals surface area contributed by atoms with E-state index in [9.17, 15) is 0 Å². The van der Waals surface area contributed by atoms with Crippen LogP contribution in [0.25, 0.3) is 5.69 Å². The first-order valence-corrected chi connectivity index (χ1v) is 9.19. The molecule has 0 spiro atoms. The summed E-state index contributed by atoms with van der Waals surface area (Å²) in [6, 6.07) is 4.29. The van der Waals surface area contributed by atoms with Gasteiger partial charge in [0, 0.05) is 17.8 Å². The molecule has 1 aliphatic carbocycles. The van der Waals surface area contributed by atoms with Gasteiger partial charge in [-0.1, -0.05) is 6.07 Å². The molecule has 1 aromatic carbocycles. The molecule has 2 aromatic rings. The lowest BCUT2D eigenvalue weighted by Gasteiger charge is -2.32. The molecule has 0 unspecified atom stereocenters. The van der Waals surface area contributed by atoms with Gasteiger partial charge in [-0.2, -0.15) is 0 Å². The molecule has 0 radical (unpaired) electrons. The SMILES string of the molecule is Cc1c(B2OC(C)(C)C(C)(C)O2)ccc(-n2cnc(C3CC3)c2)c1C. The van der Waals surface area contributed by atoms with Crippen molar-refractivity contribution < 1.29 is 9.31 Å². The number of nitrogens with zero attached hydrogens (tertiary/aromatic N) is 2. The molecule has 0 N–H and O–H groups in total. The van der Waals surface area contributed by atoms with E-state index in [-0.39, 0.29) is 18.3 Å². The van der Waals surface area contributed by atoms with E-state index < -0.39 is 0 Å². The van der Waals surface area contributed by atoms with Gasteiger partial charge in [0.1, 0.15) is 0 Å². The first kappa shape index (κ1) is 16.9. The monoisotopic (exact) mass is 338 g/mol. The molecule has 4 nitrogen and oxygen atoms in total. The quantitative estimate of drug-likeness (QED) is 0.802.